The van der Waals surface area contributed by atoms with Gasteiger partial charge >= 0.3 is 0 Å². The standard InChI is InChI=1S/C16H24N4O2/c1-10-13(11(2)22-20-10)8-17-14-7-12(9-21-6)18-15(19-14)16(3,4)5/h7H,8-9H2,1-6H3,(H,17,18,19). The molecule has 0 aliphatic rings. The predicted molar refractivity (Wildman–Crippen MR) is 84.7 cm³/mol. The first kappa shape index (κ1) is 16.4. The lowest BCUT2D eigenvalue weighted by Gasteiger charge is -2.19. The highest BCUT2D eigenvalue weighted by Crippen LogP contribution is 2.21. The van der Waals surface area contributed by atoms with Gasteiger partial charge in [-0.2, -0.15) is 0 Å². The molecule has 120 valence electrons. The molecule has 0 aliphatic carbocycles. The highest BCUT2D eigenvalue weighted by Gasteiger charge is 2.19. The van der Waals surface area contributed by atoms with Crippen molar-refractivity contribution in [2.45, 2.75) is 53.2 Å². The molecule has 0 bridgehead atoms. The molecule has 0 aliphatic heterocycles. The van der Waals surface area contributed by atoms with Crippen molar-refractivity contribution < 1.29 is 9.26 Å². The molecule has 22 heavy (non-hydrogen) atoms. The van der Waals surface area contributed by atoms with Gasteiger partial charge in [-0.1, -0.05) is 25.9 Å². The first-order valence-electron chi connectivity index (χ1n) is 7.34. The zero-order valence-corrected chi connectivity index (χ0v) is 14.1. The molecule has 0 unspecified atom stereocenters. The molecule has 0 radical (unpaired) electrons. The van der Waals surface area contributed by atoms with Gasteiger partial charge in [0.1, 0.15) is 17.4 Å². The van der Waals surface area contributed by atoms with Gasteiger partial charge in [-0.25, -0.2) is 9.97 Å². The van der Waals surface area contributed by atoms with Crippen LogP contribution in [0.3, 0.4) is 0 Å². The Morgan fingerprint density at radius 3 is 2.50 bits per heavy atom. The van der Waals surface area contributed by atoms with Crippen LogP contribution in [0.5, 0.6) is 0 Å². The molecular formula is C16H24N4O2. The van der Waals surface area contributed by atoms with E-state index in [4.69, 9.17) is 9.26 Å². The van der Waals surface area contributed by atoms with Gasteiger partial charge in [0.25, 0.3) is 0 Å². The summed E-state index contributed by atoms with van der Waals surface area (Å²) >= 11 is 0. The Kier molecular flexibility index (Phi) is 4.81. The average molecular weight is 304 g/mol. The second-order valence-corrected chi connectivity index (χ2v) is 6.41. The van der Waals surface area contributed by atoms with E-state index >= 15 is 0 Å². The smallest absolute Gasteiger partial charge is 0.138 e. The van der Waals surface area contributed by atoms with E-state index in [9.17, 15) is 0 Å². The second-order valence-electron chi connectivity index (χ2n) is 6.41. The molecule has 0 atom stereocenters. The Hall–Kier alpha value is -1.95. The first-order valence-corrected chi connectivity index (χ1v) is 7.34. The number of hydrogen-bond donors (Lipinski definition) is 1. The number of ether oxygens (including phenoxy) is 1. The van der Waals surface area contributed by atoms with Crippen molar-refractivity contribution >= 4 is 5.82 Å². The minimum absolute atomic E-state index is 0.122. The van der Waals surface area contributed by atoms with E-state index in [1.165, 1.54) is 0 Å². The maximum atomic E-state index is 5.20. The lowest BCUT2D eigenvalue weighted by atomic mass is 9.95. The third-order valence-electron chi connectivity index (χ3n) is 3.37. The summed E-state index contributed by atoms with van der Waals surface area (Å²) in [5.41, 5.74) is 2.70. The van der Waals surface area contributed by atoms with E-state index in [1.807, 2.05) is 19.9 Å². The molecule has 2 aromatic rings. The van der Waals surface area contributed by atoms with Crippen molar-refractivity contribution in [3.8, 4) is 0 Å². The Morgan fingerprint density at radius 1 is 1.23 bits per heavy atom. The summed E-state index contributed by atoms with van der Waals surface area (Å²) in [6, 6.07) is 1.91. The van der Waals surface area contributed by atoms with E-state index < -0.39 is 0 Å². The third-order valence-corrected chi connectivity index (χ3v) is 3.37. The summed E-state index contributed by atoms with van der Waals surface area (Å²) < 4.78 is 10.4. The van der Waals surface area contributed by atoms with Crippen molar-refractivity contribution in [1.82, 2.24) is 15.1 Å². The number of aryl methyl sites for hydroxylation is 2. The molecule has 2 aromatic heterocycles. The van der Waals surface area contributed by atoms with Crippen LogP contribution in [0.1, 0.15) is 49.3 Å². The molecule has 0 spiro atoms. The Bertz CT molecular complexity index is 625. The topological polar surface area (TPSA) is 73.1 Å². The average Bonchev–Trinajstić information content (AvgIpc) is 2.75. The quantitative estimate of drug-likeness (QED) is 0.915. The fourth-order valence-corrected chi connectivity index (χ4v) is 2.08. The Labute approximate surface area is 131 Å². The van der Waals surface area contributed by atoms with Crippen molar-refractivity contribution in [3.63, 3.8) is 0 Å². The number of nitrogens with zero attached hydrogens (tertiary/aromatic N) is 3. The monoisotopic (exact) mass is 304 g/mol. The summed E-state index contributed by atoms with van der Waals surface area (Å²) in [6.45, 7) is 11.2. The number of nitrogens with one attached hydrogen (secondary N) is 1. The van der Waals surface area contributed by atoms with Crippen LogP contribution in [-0.4, -0.2) is 22.2 Å². The molecule has 0 saturated carbocycles. The van der Waals surface area contributed by atoms with Gasteiger partial charge in [-0.3, -0.25) is 0 Å². The van der Waals surface area contributed by atoms with Gasteiger partial charge < -0.3 is 14.6 Å². The number of rotatable bonds is 5. The normalized spacial score (nSPS) is 11.7. The molecule has 0 amide bonds. The molecule has 1 N–H and O–H groups in total. The maximum absolute atomic E-state index is 5.20. The lowest BCUT2D eigenvalue weighted by molar-refractivity contribution is 0.181. The summed E-state index contributed by atoms with van der Waals surface area (Å²) in [5, 5.41) is 7.30. The largest absolute Gasteiger partial charge is 0.378 e. The summed E-state index contributed by atoms with van der Waals surface area (Å²) in [7, 11) is 1.66. The fourth-order valence-electron chi connectivity index (χ4n) is 2.08. The molecule has 0 saturated heterocycles. The molecule has 6 nitrogen and oxygen atoms in total. The zero-order valence-electron chi connectivity index (χ0n) is 14.1. The maximum Gasteiger partial charge on any atom is 0.138 e. The number of aromatic nitrogens is 3. The van der Waals surface area contributed by atoms with Crippen LogP contribution in [-0.2, 0) is 23.3 Å². The highest BCUT2D eigenvalue weighted by atomic mass is 16.5. The molecule has 6 heteroatoms. The zero-order chi connectivity index (χ0) is 16.3. The summed E-state index contributed by atoms with van der Waals surface area (Å²) in [6.07, 6.45) is 0. The molecule has 0 fully saturated rings. The van der Waals surface area contributed by atoms with E-state index in [0.29, 0.717) is 13.2 Å². The van der Waals surface area contributed by atoms with Gasteiger partial charge in [-0.15, -0.1) is 0 Å². The van der Waals surface area contributed by atoms with Crippen LogP contribution in [0, 0.1) is 13.8 Å². The van der Waals surface area contributed by atoms with Crippen LogP contribution in [0.4, 0.5) is 5.82 Å². The molecule has 2 heterocycles. The van der Waals surface area contributed by atoms with Crippen molar-refractivity contribution in [3.05, 3.63) is 34.6 Å². The van der Waals surface area contributed by atoms with Crippen molar-refractivity contribution in [2.24, 2.45) is 0 Å². The fraction of sp³-hybridized carbons (Fsp3) is 0.562. The van der Waals surface area contributed by atoms with Crippen molar-refractivity contribution in [1.29, 1.82) is 0 Å². The van der Waals surface area contributed by atoms with E-state index in [0.717, 1.165) is 34.4 Å². The Morgan fingerprint density at radius 2 is 1.95 bits per heavy atom. The number of hydrogen-bond acceptors (Lipinski definition) is 6. The number of methoxy groups -OCH3 is 1. The van der Waals surface area contributed by atoms with Crippen LogP contribution in [0.15, 0.2) is 10.6 Å². The van der Waals surface area contributed by atoms with Gasteiger partial charge in [0.2, 0.25) is 0 Å². The van der Waals surface area contributed by atoms with E-state index in [-0.39, 0.29) is 5.41 Å². The number of anilines is 1. The predicted octanol–water partition coefficient (Wildman–Crippen LogP) is 3.14. The van der Waals surface area contributed by atoms with E-state index in [2.05, 4.69) is 41.2 Å². The minimum Gasteiger partial charge on any atom is -0.378 e. The molecular weight excluding hydrogens is 280 g/mol. The van der Waals surface area contributed by atoms with Crippen LogP contribution in [0.25, 0.3) is 0 Å². The molecule has 0 aromatic carbocycles. The first-order chi connectivity index (χ1) is 10.3. The third kappa shape index (κ3) is 3.82. The lowest BCUT2D eigenvalue weighted by Crippen LogP contribution is -2.18. The summed E-state index contributed by atoms with van der Waals surface area (Å²) in [5.74, 6) is 2.41. The minimum atomic E-state index is -0.122. The van der Waals surface area contributed by atoms with Crippen LogP contribution < -0.4 is 5.32 Å². The van der Waals surface area contributed by atoms with Gasteiger partial charge in [-0.05, 0) is 13.8 Å². The SMILES string of the molecule is COCc1cc(NCc2c(C)noc2C)nc(C(C)(C)C)n1. The Balaban J connectivity index is 2.24. The van der Waals surface area contributed by atoms with Crippen molar-refractivity contribution in [2.75, 3.05) is 12.4 Å². The van der Waals surface area contributed by atoms with Gasteiger partial charge in [0.05, 0.1) is 18.0 Å². The van der Waals surface area contributed by atoms with Gasteiger partial charge in [0, 0.05) is 30.7 Å². The molecule has 2 rings (SSSR count). The summed E-state index contributed by atoms with van der Waals surface area (Å²) in [4.78, 5) is 9.18. The van der Waals surface area contributed by atoms with Crippen LogP contribution >= 0.6 is 0 Å². The van der Waals surface area contributed by atoms with Gasteiger partial charge in [0.15, 0.2) is 0 Å². The van der Waals surface area contributed by atoms with E-state index in [1.54, 1.807) is 7.11 Å². The second kappa shape index (κ2) is 6.44. The van der Waals surface area contributed by atoms with Crippen LogP contribution in [0.2, 0.25) is 0 Å². The highest BCUT2D eigenvalue weighted by molar-refractivity contribution is 5.39.